The summed E-state index contributed by atoms with van der Waals surface area (Å²) in [6.45, 7) is 7.27. The summed E-state index contributed by atoms with van der Waals surface area (Å²) >= 11 is 0. The van der Waals surface area contributed by atoms with Crippen LogP contribution in [0.4, 0.5) is 0 Å². The van der Waals surface area contributed by atoms with Gasteiger partial charge in [-0.15, -0.1) is 0 Å². The van der Waals surface area contributed by atoms with Crippen LogP contribution in [0.25, 0.3) is 0 Å². The molecule has 0 unspecified atom stereocenters. The first-order valence-corrected chi connectivity index (χ1v) is 7.62. The van der Waals surface area contributed by atoms with Crippen LogP contribution in [0.5, 0.6) is 11.5 Å². The monoisotopic (exact) mass is 293 g/mol. The molecule has 1 aliphatic heterocycles. The SMILES string of the molecule is COc1ccc(CN2CCN(CCCN)CC2)c(OC)c1. The summed E-state index contributed by atoms with van der Waals surface area (Å²) in [5, 5.41) is 0. The lowest BCUT2D eigenvalue weighted by atomic mass is 10.1. The highest BCUT2D eigenvalue weighted by Crippen LogP contribution is 2.26. The molecule has 0 bridgehead atoms. The van der Waals surface area contributed by atoms with Crippen molar-refractivity contribution in [2.45, 2.75) is 13.0 Å². The minimum absolute atomic E-state index is 0.781. The third-order valence-electron chi connectivity index (χ3n) is 4.03. The summed E-state index contributed by atoms with van der Waals surface area (Å²) in [6, 6.07) is 6.04. The summed E-state index contributed by atoms with van der Waals surface area (Å²) in [4.78, 5) is 4.97. The molecule has 21 heavy (non-hydrogen) atoms. The zero-order chi connectivity index (χ0) is 15.1. The Bertz CT molecular complexity index is 432. The first-order chi connectivity index (χ1) is 10.3. The highest BCUT2D eigenvalue weighted by molar-refractivity contribution is 5.40. The van der Waals surface area contributed by atoms with E-state index in [-0.39, 0.29) is 0 Å². The normalized spacial score (nSPS) is 16.9. The Morgan fingerprint density at radius 1 is 1.05 bits per heavy atom. The molecular weight excluding hydrogens is 266 g/mol. The van der Waals surface area contributed by atoms with Gasteiger partial charge in [-0.3, -0.25) is 4.90 Å². The van der Waals surface area contributed by atoms with E-state index in [2.05, 4.69) is 15.9 Å². The van der Waals surface area contributed by atoms with Crippen LogP contribution in [0.1, 0.15) is 12.0 Å². The number of hydrogen-bond acceptors (Lipinski definition) is 5. The van der Waals surface area contributed by atoms with Gasteiger partial charge < -0.3 is 20.1 Å². The number of hydrogen-bond donors (Lipinski definition) is 1. The van der Waals surface area contributed by atoms with Crippen LogP contribution in [0, 0.1) is 0 Å². The first-order valence-electron chi connectivity index (χ1n) is 7.62. The van der Waals surface area contributed by atoms with E-state index in [1.165, 1.54) is 5.56 Å². The second kappa shape index (κ2) is 8.22. The van der Waals surface area contributed by atoms with Crippen LogP contribution < -0.4 is 15.2 Å². The maximum Gasteiger partial charge on any atom is 0.127 e. The first kappa shape index (κ1) is 16.1. The maximum atomic E-state index is 5.57. The zero-order valence-electron chi connectivity index (χ0n) is 13.2. The molecule has 0 spiro atoms. The fraction of sp³-hybridized carbons (Fsp3) is 0.625. The highest BCUT2D eigenvalue weighted by atomic mass is 16.5. The van der Waals surface area contributed by atoms with Gasteiger partial charge in [-0.05, 0) is 25.6 Å². The molecule has 0 aliphatic carbocycles. The Balaban J connectivity index is 1.88. The van der Waals surface area contributed by atoms with E-state index in [1.54, 1.807) is 14.2 Å². The van der Waals surface area contributed by atoms with E-state index >= 15 is 0 Å². The smallest absolute Gasteiger partial charge is 0.127 e. The molecular formula is C16H27N3O2. The molecule has 0 aromatic heterocycles. The molecule has 0 saturated carbocycles. The van der Waals surface area contributed by atoms with E-state index in [0.29, 0.717) is 0 Å². The summed E-state index contributed by atoms with van der Waals surface area (Å²) in [5.74, 6) is 1.74. The standard InChI is InChI=1S/C16H27N3O2/c1-20-15-5-4-14(16(12-15)21-2)13-19-10-8-18(9-11-19)7-3-6-17/h4-5,12H,3,6-11,13,17H2,1-2H3. The lowest BCUT2D eigenvalue weighted by molar-refractivity contribution is 0.126. The molecule has 1 aromatic carbocycles. The van der Waals surface area contributed by atoms with Gasteiger partial charge in [0.1, 0.15) is 11.5 Å². The zero-order valence-corrected chi connectivity index (χ0v) is 13.2. The Kier molecular flexibility index (Phi) is 6.29. The molecule has 5 nitrogen and oxygen atoms in total. The van der Waals surface area contributed by atoms with Gasteiger partial charge in [0.2, 0.25) is 0 Å². The van der Waals surface area contributed by atoms with Crippen molar-refractivity contribution >= 4 is 0 Å². The topological polar surface area (TPSA) is 51.0 Å². The Morgan fingerprint density at radius 3 is 2.38 bits per heavy atom. The Labute approximate surface area is 127 Å². The van der Waals surface area contributed by atoms with Gasteiger partial charge in [-0.25, -0.2) is 0 Å². The van der Waals surface area contributed by atoms with Crippen LogP contribution in [-0.4, -0.2) is 63.3 Å². The van der Waals surface area contributed by atoms with E-state index in [4.69, 9.17) is 15.2 Å². The predicted octanol–water partition coefficient (Wildman–Crippen LogP) is 1.17. The number of ether oxygens (including phenoxy) is 2. The van der Waals surface area contributed by atoms with Crippen molar-refractivity contribution in [3.8, 4) is 11.5 Å². The fourth-order valence-corrected chi connectivity index (χ4v) is 2.71. The molecule has 1 heterocycles. The third-order valence-corrected chi connectivity index (χ3v) is 4.03. The lowest BCUT2D eigenvalue weighted by Crippen LogP contribution is -2.46. The van der Waals surface area contributed by atoms with Crippen molar-refractivity contribution in [1.29, 1.82) is 0 Å². The maximum absolute atomic E-state index is 5.57. The van der Waals surface area contributed by atoms with E-state index in [9.17, 15) is 0 Å². The molecule has 2 N–H and O–H groups in total. The number of rotatable bonds is 7. The van der Waals surface area contributed by atoms with Crippen LogP contribution in [-0.2, 0) is 6.54 Å². The van der Waals surface area contributed by atoms with Gasteiger partial charge in [-0.1, -0.05) is 6.07 Å². The lowest BCUT2D eigenvalue weighted by Gasteiger charge is -2.34. The van der Waals surface area contributed by atoms with Crippen molar-refractivity contribution in [2.75, 3.05) is 53.5 Å². The predicted molar refractivity (Wildman–Crippen MR) is 84.9 cm³/mol. The van der Waals surface area contributed by atoms with Gasteiger partial charge >= 0.3 is 0 Å². The second-order valence-corrected chi connectivity index (χ2v) is 5.44. The molecule has 0 radical (unpaired) electrons. The van der Waals surface area contributed by atoms with Gasteiger partial charge in [0.25, 0.3) is 0 Å². The van der Waals surface area contributed by atoms with Crippen molar-refractivity contribution < 1.29 is 9.47 Å². The Morgan fingerprint density at radius 2 is 1.76 bits per heavy atom. The van der Waals surface area contributed by atoms with Gasteiger partial charge in [0.15, 0.2) is 0 Å². The Hall–Kier alpha value is -1.30. The van der Waals surface area contributed by atoms with Gasteiger partial charge in [0.05, 0.1) is 14.2 Å². The summed E-state index contributed by atoms with van der Waals surface area (Å²) in [6.07, 6.45) is 1.09. The quantitative estimate of drug-likeness (QED) is 0.818. The van der Waals surface area contributed by atoms with Crippen molar-refractivity contribution in [1.82, 2.24) is 9.80 Å². The number of benzene rings is 1. The summed E-state index contributed by atoms with van der Waals surface area (Å²) in [7, 11) is 3.39. The molecule has 1 aliphatic rings. The van der Waals surface area contributed by atoms with Crippen LogP contribution in [0.3, 0.4) is 0 Å². The van der Waals surface area contributed by atoms with Crippen molar-refractivity contribution in [2.24, 2.45) is 5.73 Å². The molecule has 1 aromatic rings. The second-order valence-electron chi connectivity index (χ2n) is 5.44. The van der Waals surface area contributed by atoms with Crippen LogP contribution >= 0.6 is 0 Å². The number of methoxy groups -OCH3 is 2. The number of nitrogens with zero attached hydrogens (tertiary/aromatic N) is 2. The molecule has 1 saturated heterocycles. The van der Waals surface area contributed by atoms with Gasteiger partial charge in [0, 0.05) is 44.4 Å². The summed E-state index contributed by atoms with van der Waals surface area (Å²) < 4.78 is 10.7. The van der Waals surface area contributed by atoms with E-state index in [0.717, 1.165) is 63.7 Å². The average molecular weight is 293 g/mol. The molecule has 2 rings (SSSR count). The van der Waals surface area contributed by atoms with Gasteiger partial charge in [-0.2, -0.15) is 0 Å². The molecule has 0 atom stereocenters. The molecule has 5 heteroatoms. The highest BCUT2D eigenvalue weighted by Gasteiger charge is 2.17. The molecule has 0 amide bonds. The van der Waals surface area contributed by atoms with E-state index < -0.39 is 0 Å². The largest absolute Gasteiger partial charge is 0.497 e. The van der Waals surface area contributed by atoms with Crippen molar-refractivity contribution in [3.63, 3.8) is 0 Å². The number of piperazine rings is 1. The fourth-order valence-electron chi connectivity index (χ4n) is 2.71. The molecule has 118 valence electrons. The minimum Gasteiger partial charge on any atom is -0.497 e. The number of nitrogens with two attached hydrogens (primary N) is 1. The third kappa shape index (κ3) is 4.59. The minimum atomic E-state index is 0.781. The average Bonchev–Trinajstić information content (AvgIpc) is 2.54. The van der Waals surface area contributed by atoms with Crippen LogP contribution in [0.15, 0.2) is 18.2 Å². The van der Waals surface area contributed by atoms with Crippen LogP contribution in [0.2, 0.25) is 0 Å². The van der Waals surface area contributed by atoms with E-state index in [1.807, 2.05) is 12.1 Å². The molecule has 1 fully saturated rings. The van der Waals surface area contributed by atoms with Crippen molar-refractivity contribution in [3.05, 3.63) is 23.8 Å². The summed E-state index contributed by atoms with van der Waals surface area (Å²) in [5.41, 5.74) is 6.79.